The van der Waals surface area contributed by atoms with Crippen LogP contribution in [0.5, 0.6) is 5.75 Å². The van der Waals surface area contributed by atoms with Crippen molar-refractivity contribution in [2.24, 2.45) is 17.8 Å². The van der Waals surface area contributed by atoms with E-state index in [1.165, 1.54) is 54.7 Å². The summed E-state index contributed by atoms with van der Waals surface area (Å²) in [5.74, 6) is -3.58. The van der Waals surface area contributed by atoms with Crippen molar-refractivity contribution in [1.82, 2.24) is 15.1 Å². The summed E-state index contributed by atoms with van der Waals surface area (Å²) >= 11 is 8.00. The molecule has 20 heteroatoms. The lowest BCUT2D eigenvalue weighted by atomic mass is 9.82. The number of alkyl carbamates (subject to hydrolysis) is 1. The van der Waals surface area contributed by atoms with Gasteiger partial charge in [0.05, 0.1) is 36.5 Å². The highest BCUT2D eigenvalue weighted by atomic mass is 35.5. The Labute approximate surface area is 400 Å². The first kappa shape index (κ1) is 51.7. The van der Waals surface area contributed by atoms with Gasteiger partial charge in [0.2, 0.25) is 23.6 Å². The molecule has 18 nitrogen and oxygen atoms in total. The highest BCUT2D eigenvalue weighted by Gasteiger charge is 2.64. The molecule has 6 rings (SSSR count). The molecule has 3 saturated heterocycles. The number of likely N-dealkylation sites (tertiary alicyclic amines) is 1. The van der Waals surface area contributed by atoms with Gasteiger partial charge in [-0.1, -0.05) is 42.3 Å². The number of aliphatic carboxylic acids is 1. The molecule has 5 amide bonds. The van der Waals surface area contributed by atoms with Crippen LogP contribution in [0.1, 0.15) is 84.6 Å². The molecule has 4 aliphatic heterocycles. The molecule has 4 heterocycles. The first-order chi connectivity index (χ1) is 31.6. The zero-order valence-corrected chi connectivity index (χ0v) is 40.9. The molecule has 0 aromatic heterocycles. The summed E-state index contributed by atoms with van der Waals surface area (Å²) in [5.41, 5.74) is -1.16. The number of anilines is 1. The van der Waals surface area contributed by atoms with E-state index in [4.69, 9.17) is 35.3 Å². The van der Waals surface area contributed by atoms with Crippen LogP contribution in [0, 0.1) is 17.8 Å². The summed E-state index contributed by atoms with van der Waals surface area (Å²) in [6, 6.07) is 2.40. The number of carboxylic acid groups (broad SMARTS) is 1. The van der Waals surface area contributed by atoms with E-state index in [1.54, 1.807) is 45.2 Å². The lowest BCUT2D eigenvalue weighted by molar-refractivity contribution is -0.162. The van der Waals surface area contributed by atoms with Crippen LogP contribution in [-0.2, 0) is 54.1 Å². The number of carbonyl (C=O) groups is 7. The number of rotatable bonds is 12. The zero-order valence-electron chi connectivity index (χ0n) is 39.3. The number of nitrogens with zero attached hydrogens (tertiary/aromatic N) is 3. The van der Waals surface area contributed by atoms with Gasteiger partial charge in [-0.2, -0.15) is 0 Å². The largest absolute Gasteiger partial charge is 0.495 e. The Morgan fingerprint density at radius 1 is 1.09 bits per heavy atom. The number of fused-ring (bicyclic) bond motifs is 5. The summed E-state index contributed by atoms with van der Waals surface area (Å²) in [5, 5.41) is 23.2. The predicted octanol–water partition coefficient (Wildman–Crippen LogP) is 4.66. The van der Waals surface area contributed by atoms with Gasteiger partial charge in [-0.15, -0.1) is 11.8 Å². The minimum atomic E-state index is -1.88. The number of thioether (sulfide) groups is 1. The number of allylic oxidation sites excluding steroid dienone is 3. The normalized spacial score (nSPS) is 33.1. The third kappa shape index (κ3) is 11.6. The Balaban J connectivity index is 1.16. The van der Waals surface area contributed by atoms with Crippen molar-refractivity contribution in [1.29, 1.82) is 0 Å². The average molecular weight is 976 g/mol. The number of likely N-dealkylation sites (N-methyl/N-ethyl adjacent to an activating group) is 1. The summed E-state index contributed by atoms with van der Waals surface area (Å²) in [6.07, 6.45) is 2.63. The Kier molecular flexibility index (Phi) is 16.4. The van der Waals surface area contributed by atoms with E-state index in [0.717, 1.165) is 11.1 Å². The van der Waals surface area contributed by atoms with Gasteiger partial charge in [-0.05, 0) is 76.5 Å². The number of imide groups is 1. The third-order valence-corrected chi connectivity index (χ3v) is 15.6. The van der Waals surface area contributed by atoms with Crippen LogP contribution in [0.4, 0.5) is 10.5 Å². The Morgan fingerprint density at radius 3 is 2.45 bits per heavy atom. The lowest BCUT2D eigenvalue weighted by Crippen LogP contribution is -2.63. The van der Waals surface area contributed by atoms with Gasteiger partial charge in [0.25, 0.3) is 0 Å². The number of halogens is 1. The standard InChI is InChI=1S/C47H63ClN4O14S/c1-25-10-9-11-35(63-8)47(61)23-33(64-45(60)49-47)26(2)41-46(4,66-41)36(22-38(54)51(6)31-19-29(18-25)20-32(62-7)40(31)48)65-44(59)27(3)50(5)37(53)16-17-67-34-21-39(55)52(42(34)56)24-28-12-14-30(15-13-28)43(57)58/h9-11,19-20,26-28,30,33-36,41,61H,12-18,21-24H2,1-8H3,(H,49,60)(H,57,58)/b11-9+,25-10+/t26-,27+,28?,30?,33+,34+,35-,36+,41+,46+,47+/m1/s1. The molecule has 5 aliphatic rings. The fraction of sp³-hybridized carbons (Fsp3) is 0.638. The SMILES string of the molecule is COc1cc2cc(c1Cl)N(C)C(=O)C[C@H](OC(=O)[C@H](C)N(C)C(=O)CCS[C@H]1CC(=O)N(CC3CCC(C(=O)O)CC3)C1=O)[C@]1(C)O[C@H]1[C@H](C)[C@@H]1C[C@@](O)(NC(=O)O1)[C@H](OC)/C=C/C=C(\C)C2. The number of methoxy groups -OCH3 is 2. The van der Waals surface area contributed by atoms with Crippen LogP contribution in [0.15, 0.2) is 35.9 Å². The lowest BCUT2D eigenvalue weighted by Gasteiger charge is -2.42. The fourth-order valence-electron chi connectivity index (χ4n) is 9.51. The second kappa shape index (κ2) is 21.3. The maximum atomic E-state index is 14.3. The van der Waals surface area contributed by atoms with Crippen LogP contribution in [0.25, 0.3) is 0 Å². The minimum absolute atomic E-state index is 0.00460. The highest BCUT2D eigenvalue weighted by Crippen LogP contribution is 2.49. The number of carboxylic acids is 1. The molecule has 0 spiro atoms. The molecule has 0 unspecified atom stereocenters. The molecule has 1 saturated carbocycles. The van der Waals surface area contributed by atoms with Crippen LogP contribution >= 0.6 is 23.4 Å². The van der Waals surface area contributed by atoms with Crippen molar-refractivity contribution in [2.45, 2.75) is 133 Å². The minimum Gasteiger partial charge on any atom is -0.495 e. The fourth-order valence-corrected chi connectivity index (χ4v) is 10.9. The number of hydrogen-bond acceptors (Lipinski definition) is 14. The average Bonchev–Trinajstić information content (AvgIpc) is 3.91. The van der Waals surface area contributed by atoms with Crippen molar-refractivity contribution < 1.29 is 67.5 Å². The number of benzene rings is 1. The second-order valence-corrected chi connectivity index (χ2v) is 20.3. The van der Waals surface area contributed by atoms with E-state index in [-0.39, 0.29) is 60.7 Å². The van der Waals surface area contributed by atoms with Crippen molar-refractivity contribution in [3.63, 3.8) is 0 Å². The number of nitrogens with one attached hydrogen (secondary N) is 1. The molecule has 1 aliphatic carbocycles. The topological polar surface area (TPSA) is 231 Å². The van der Waals surface area contributed by atoms with Gasteiger partial charge in [0, 0.05) is 58.7 Å². The summed E-state index contributed by atoms with van der Waals surface area (Å²) in [6.45, 7) is 7.10. The van der Waals surface area contributed by atoms with Gasteiger partial charge in [0.15, 0.2) is 5.72 Å². The van der Waals surface area contributed by atoms with Gasteiger partial charge >= 0.3 is 18.0 Å². The van der Waals surface area contributed by atoms with Gasteiger partial charge in [-0.25, -0.2) is 9.59 Å². The Bertz CT molecular complexity index is 2170. The number of esters is 1. The van der Waals surface area contributed by atoms with Crippen LogP contribution in [-0.4, -0.2) is 149 Å². The van der Waals surface area contributed by atoms with Crippen molar-refractivity contribution in [2.75, 3.05) is 45.5 Å². The Morgan fingerprint density at radius 2 is 1.79 bits per heavy atom. The summed E-state index contributed by atoms with van der Waals surface area (Å²) in [4.78, 5) is 96.2. The molecule has 0 radical (unpaired) electrons. The predicted molar refractivity (Wildman–Crippen MR) is 246 cm³/mol. The van der Waals surface area contributed by atoms with Gasteiger partial charge in [0.1, 0.15) is 40.7 Å². The van der Waals surface area contributed by atoms with Crippen molar-refractivity contribution in [3.05, 3.63) is 46.5 Å². The van der Waals surface area contributed by atoms with E-state index < -0.39 is 88.7 Å². The van der Waals surface area contributed by atoms with Crippen LogP contribution in [0.3, 0.4) is 0 Å². The number of epoxide rings is 1. The molecular weight excluding hydrogens is 912 g/mol. The van der Waals surface area contributed by atoms with Crippen LogP contribution in [0.2, 0.25) is 5.02 Å². The molecular formula is C47H63ClN4O14S. The molecule has 4 bridgehead atoms. The third-order valence-electron chi connectivity index (χ3n) is 14.0. The summed E-state index contributed by atoms with van der Waals surface area (Å²) < 4.78 is 29.4. The number of ether oxygens (including phenoxy) is 5. The van der Waals surface area contributed by atoms with Crippen molar-refractivity contribution >= 4 is 70.7 Å². The summed E-state index contributed by atoms with van der Waals surface area (Å²) in [7, 11) is 5.87. The van der Waals surface area contributed by atoms with Crippen molar-refractivity contribution in [3.8, 4) is 5.75 Å². The molecule has 368 valence electrons. The van der Waals surface area contributed by atoms with E-state index in [9.17, 15) is 43.8 Å². The molecule has 67 heavy (non-hydrogen) atoms. The number of aliphatic hydroxyl groups is 1. The molecule has 1 aromatic rings. The monoisotopic (exact) mass is 974 g/mol. The van der Waals surface area contributed by atoms with Gasteiger partial charge < -0.3 is 43.7 Å². The molecule has 9 atom stereocenters. The van der Waals surface area contributed by atoms with Gasteiger partial charge in [-0.3, -0.25) is 34.2 Å². The maximum Gasteiger partial charge on any atom is 0.409 e. The van der Waals surface area contributed by atoms with E-state index >= 15 is 0 Å². The highest BCUT2D eigenvalue weighted by molar-refractivity contribution is 8.00. The zero-order chi connectivity index (χ0) is 49.1. The number of amides is 5. The molecule has 3 N–H and O–H groups in total. The number of hydrogen-bond donors (Lipinski definition) is 3. The first-order valence-corrected chi connectivity index (χ1v) is 24.1. The molecule has 4 fully saturated rings. The Hall–Kier alpha value is -4.69. The molecule has 1 aromatic carbocycles. The quantitative estimate of drug-likeness (QED) is 0.147. The van der Waals surface area contributed by atoms with E-state index in [0.29, 0.717) is 43.5 Å². The smallest absolute Gasteiger partial charge is 0.409 e. The second-order valence-electron chi connectivity index (χ2n) is 18.6. The van der Waals surface area contributed by atoms with E-state index in [2.05, 4.69) is 5.32 Å². The van der Waals surface area contributed by atoms with E-state index in [1.807, 2.05) is 13.0 Å². The van der Waals surface area contributed by atoms with Crippen LogP contribution < -0.4 is 15.0 Å². The first-order valence-electron chi connectivity index (χ1n) is 22.6. The maximum absolute atomic E-state index is 14.3. The number of carbonyl (C=O) groups excluding carboxylic acids is 6.